The third-order valence-corrected chi connectivity index (χ3v) is 2.43. The quantitative estimate of drug-likeness (QED) is 0.464. The third-order valence-electron chi connectivity index (χ3n) is 1.67. The van der Waals surface area contributed by atoms with Crippen LogP contribution < -0.4 is 29.6 Å². The maximum Gasteiger partial charge on any atom is 1.00 e. The normalized spacial score (nSPS) is 11.8. The van der Waals surface area contributed by atoms with Gasteiger partial charge in [-0.3, -0.25) is 4.21 Å². The van der Waals surface area contributed by atoms with E-state index in [-0.39, 0.29) is 29.6 Å². The van der Waals surface area contributed by atoms with Crippen LogP contribution in [0.5, 0.6) is 0 Å². The fraction of sp³-hybridized carbons (Fsp3) is 0.333. The van der Waals surface area contributed by atoms with E-state index >= 15 is 0 Å². The van der Waals surface area contributed by atoms with Gasteiger partial charge in [-0.2, -0.15) is 0 Å². The van der Waals surface area contributed by atoms with Crippen molar-refractivity contribution in [2.24, 2.45) is 0 Å². The van der Waals surface area contributed by atoms with Gasteiger partial charge in [-0.25, -0.2) is 0 Å². The molecule has 1 aromatic rings. The summed E-state index contributed by atoms with van der Waals surface area (Å²) >= 11 is -2.09. The fourth-order valence-corrected chi connectivity index (χ4v) is 1.72. The summed E-state index contributed by atoms with van der Waals surface area (Å²) in [5.74, 6) is 0. The van der Waals surface area contributed by atoms with E-state index in [1.807, 2.05) is 19.1 Å². The van der Waals surface area contributed by atoms with Crippen molar-refractivity contribution in [3.63, 3.8) is 0 Å². The van der Waals surface area contributed by atoms with Gasteiger partial charge in [0, 0.05) is 4.90 Å². The van der Waals surface area contributed by atoms with E-state index in [0.717, 1.165) is 18.4 Å². The van der Waals surface area contributed by atoms with E-state index in [9.17, 15) is 8.76 Å². The first kappa shape index (κ1) is 13.3. The number of hydrogen-bond donors (Lipinski definition) is 0. The largest absolute Gasteiger partial charge is 1.00 e. The van der Waals surface area contributed by atoms with Crippen LogP contribution in [0.1, 0.15) is 18.9 Å². The summed E-state index contributed by atoms with van der Waals surface area (Å²) in [6, 6.07) is 7.09. The zero-order chi connectivity index (χ0) is 8.97. The van der Waals surface area contributed by atoms with Crippen LogP contribution in [-0.4, -0.2) is 8.76 Å². The first-order valence-electron chi connectivity index (χ1n) is 3.93. The Hall–Kier alpha value is 0.330. The van der Waals surface area contributed by atoms with Crippen LogP contribution in [0.3, 0.4) is 0 Å². The van der Waals surface area contributed by atoms with Gasteiger partial charge in [0.15, 0.2) is 0 Å². The molecule has 0 aromatic heterocycles. The smallest absolute Gasteiger partial charge is 0.768 e. The van der Waals surface area contributed by atoms with E-state index in [0.29, 0.717) is 4.90 Å². The van der Waals surface area contributed by atoms with E-state index in [2.05, 4.69) is 0 Å². The van der Waals surface area contributed by atoms with E-state index in [1.165, 1.54) is 0 Å². The van der Waals surface area contributed by atoms with Crippen molar-refractivity contribution in [3.8, 4) is 0 Å². The molecule has 0 aliphatic carbocycles. The monoisotopic (exact) mass is 206 g/mol. The maximum atomic E-state index is 10.7. The van der Waals surface area contributed by atoms with Crippen LogP contribution in [-0.2, 0) is 17.5 Å². The van der Waals surface area contributed by atoms with Crippen molar-refractivity contribution in [1.29, 1.82) is 0 Å². The standard InChI is InChI=1S/C9H12O2S.Na/c1-2-5-8-6-3-4-7-9(8)12(10)11;/h3-4,6-7H,2,5H2,1H3,(H,10,11);/q;+1/p-1. The van der Waals surface area contributed by atoms with Crippen LogP contribution in [0.4, 0.5) is 0 Å². The molecule has 0 saturated heterocycles. The molecule has 2 nitrogen and oxygen atoms in total. The van der Waals surface area contributed by atoms with Crippen molar-refractivity contribution in [2.75, 3.05) is 0 Å². The van der Waals surface area contributed by atoms with Crippen LogP contribution in [0.2, 0.25) is 0 Å². The van der Waals surface area contributed by atoms with Gasteiger partial charge in [0.25, 0.3) is 0 Å². The van der Waals surface area contributed by atoms with Crippen molar-refractivity contribution in [2.45, 2.75) is 24.7 Å². The summed E-state index contributed by atoms with van der Waals surface area (Å²) in [6.07, 6.45) is 1.79. The zero-order valence-electron chi connectivity index (χ0n) is 7.95. The third kappa shape index (κ3) is 3.92. The van der Waals surface area contributed by atoms with Gasteiger partial charge in [0.05, 0.1) is 0 Å². The van der Waals surface area contributed by atoms with E-state index < -0.39 is 11.1 Å². The minimum Gasteiger partial charge on any atom is -0.768 e. The molecular formula is C9H11NaO2S. The molecule has 1 rings (SSSR count). The molecule has 0 N–H and O–H groups in total. The molecule has 0 radical (unpaired) electrons. The van der Waals surface area contributed by atoms with Crippen molar-refractivity contribution in [1.82, 2.24) is 0 Å². The van der Waals surface area contributed by atoms with Crippen molar-refractivity contribution < 1.29 is 38.3 Å². The summed E-state index contributed by atoms with van der Waals surface area (Å²) in [6.45, 7) is 2.03. The average Bonchev–Trinajstić information content (AvgIpc) is 2.05. The molecule has 0 aliphatic heterocycles. The molecule has 13 heavy (non-hydrogen) atoms. The number of aryl methyl sites for hydroxylation is 1. The molecule has 0 aliphatic rings. The molecule has 0 bridgehead atoms. The predicted molar refractivity (Wildman–Crippen MR) is 47.6 cm³/mol. The molecule has 0 heterocycles. The first-order chi connectivity index (χ1) is 5.75. The Morgan fingerprint density at radius 1 is 1.38 bits per heavy atom. The molecule has 0 fully saturated rings. The van der Waals surface area contributed by atoms with Gasteiger partial charge in [0.1, 0.15) is 0 Å². The average molecular weight is 206 g/mol. The summed E-state index contributed by atoms with van der Waals surface area (Å²) in [5.41, 5.74) is 0.910. The van der Waals surface area contributed by atoms with Crippen LogP contribution in [0, 0.1) is 0 Å². The van der Waals surface area contributed by atoms with Gasteiger partial charge >= 0.3 is 29.6 Å². The second-order valence-corrected chi connectivity index (χ2v) is 3.50. The Labute approximate surface area is 103 Å². The van der Waals surface area contributed by atoms with E-state index in [1.54, 1.807) is 12.1 Å². The molecular weight excluding hydrogens is 195 g/mol. The van der Waals surface area contributed by atoms with Crippen LogP contribution >= 0.6 is 0 Å². The zero-order valence-corrected chi connectivity index (χ0v) is 10.8. The second-order valence-electron chi connectivity index (χ2n) is 2.59. The van der Waals surface area contributed by atoms with Crippen LogP contribution in [0.25, 0.3) is 0 Å². The summed E-state index contributed by atoms with van der Waals surface area (Å²) in [4.78, 5) is 0.430. The Morgan fingerprint density at radius 3 is 2.54 bits per heavy atom. The molecule has 1 atom stereocenters. The topological polar surface area (TPSA) is 40.1 Å². The van der Waals surface area contributed by atoms with Gasteiger partial charge in [-0.1, -0.05) is 31.5 Å². The van der Waals surface area contributed by atoms with Gasteiger partial charge < -0.3 is 4.55 Å². The Bertz CT molecular complexity index is 289. The summed E-state index contributed by atoms with van der Waals surface area (Å²) < 4.78 is 21.4. The van der Waals surface area contributed by atoms with Crippen molar-refractivity contribution >= 4 is 11.1 Å². The van der Waals surface area contributed by atoms with Gasteiger partial charge in [0.2, 0.25) is 0 Å². The number of rotatable bonds is 3. The minimum atomic E-state index is -2.09. The van der Waals surface area contributed by atoms with Crippen LogP contribution in [0.15, 0.2) is 29.2 Å². The van der Waals surface area contributed by atoms with Crippen molar-refractivity contribution in [3.05, 3.63) is 29.8 Å². The molecule has 0 saturated carbocycles. The fourth-order valence-electron chi connectivity index (χ4n) is 1.14. The molecule has 0 spiro atoms. The Kier molecular flexibility index (Phi) is 6.91. The van der Waals surface area contributed by atoms with Gasteiger partial charge in [-0.15, -0.1) is 0 Å². The second kappa shape index (κ2) is 6.74. The number of hydrogen-bond acceptors (Lipinski definition) is 2. The predicted octanol–water partition coefficient (Wildman–Crippen LogP) is -1.12. The summed E-state index contributed by atoms with van der Waals surface area (Å²) in [5, 5.41) is 0. The molecule has 0 amide bonds. The molecule has 1 aromatic carbocycles. The minimum absolute atomic E-state index is 0. The molecule has 66 valence electrons. The first-order valence-corrected chi connectivity index (χ1v) is 5.00. The SMILES string of the molecule is CCCc1ccccc1S(=O)[O-].[Na+]. The molecule has 4 heteroatoms. The van der Waals surface area contributed by atoms with Gasteiger partial charge in [-0.05, 0) is 29.1 Å². The van der Waals surface area contributed by atoms with E-state index in [4.69, 9.17) is 0 Å². The Balaban J connectivity index is 0.00000144. The Morgan fingerprint density at radius 2 is 2.00 bits per heavy atom. The molecule has 1 unspecified atom stereocenters. The number of benzene rings is 1. The summed E-state index contributed by atoms with van der Waals surface area (Å²) in [7, 11) is 0. The maximum absolute atomic E-state index is 10.7.